The molecule has 1 N–H and O–H groups in total. The zero-order valence-electron chi connectivity index (χ0n) is 17.4. The van der Waals surface area contributed by atoms with Gasteiger partial charge < -0.3 is 14.0 Å². The molecule has 0 aliphatic carbocycles. The standard InChI is InChI=1S/C19H27BN2O7S/c1-4-5-6-7-8-17(20-28-18(23)13-22(2)14-19(24)29-20)21-30(25,26)16-11-9-15(27-3)10-12-16/h7-12,17,21H,4-6,13-14H2,1-3H3/b8-7+. The van der Waals surface area contributed by atoms with Gasteiger partial charge >= 0.3 is 19.1 Å². The number of allylic oxidation sites excluding steroid dienone is 1. The summed E-state index contributed by atoms with van der Waals surface area (Å²) < 4.78 is 43.7. The largest absolute Gasteiger partial charge is 0.622 e. The van der Waals surface area contributed by atoms with E-state index >= 15 is 0 Å². The van der Waals surface area contributed by atoms with Crippen LogP contribution in [0.3, 0.4) is 0 Å². The molecule has 0 amide bonds. The SMILES string of the molecule is CCCC/C=C/C(NS(=O)(=O)c1ccc(OC)cc1)B1OC(=O)CN(C)CC(=O)O1. The smallest absolute Gasteiger partial charge is 0.497 e. The van der Waals surface area contributed by atoms with Crippen molar-refractivity contribution in [2.24, 2.45) is 0 Å². The molecular weight excluding hydrogens is 411 g/mol. The molecule has 0 aromatic heterocycles. The number of nitrogens with one attached hydrogen (secondary N) is 1. The van der Waals surface area contributed by atoms with Crippen molar-refractivity contribution in [2.45, 2.75) is 37.0 Å². The highest BCUT2D eigenvalue weighted by molar-refractivity contribution is 7.89. The Morgan fingerprint density at radius 1 is 1.20 bits per heavy atom. The number of benzene rings is 1. The molecule has 0 radical (unpaired) electrons. The zero-order valence-corrected chi connectivity index (χ0v) is 18.2. The van der Waals surface area contributed by atoms with Crippen LogP contribution in [0.2, 0.25) is 0 Å². The first-order chi connectivity index (χ1) is 14.2. The molecule has 11 heteroatoms. The van der Waals surface area contributed by atoms with E-state index < -0.39 is 35.0 Å². The van der Waals surface area contributed by atoms with Gasteiger partial charge in [-0.15, -0.1) is 0 Å². The minimum Gasteiger partial charge on any atom is -0.497 e. The molecule has 1 aliphatic heterocycles. The molecule has 1 unspecified atom stereocenters. The first-order valence-electron chi connectivity index (χ1n) is 9.65. The maximum Gasteiger partial charge on any atom is 0.622 e. The Balaban J connectivity index is 2.27. The Labute approximate surface area is 177 Å². The molecule has 1 fully saturated rings. The van der Waals surface area contributed by atoms with E-state index in [9.17, 15) is 18.0 Å². The monoisotopic (exact) mass is 438 g/mol. The number of ether oxygens (including phenoxy) is 1. The van der Waals surface area contributed by atoms with Crippen LogP contribution < -0.4 is 9.46 Å². The highest BCUT2D eigenvalue weighted by atomic mass is 32.2. The Kier molecular flexibility index (Phi) is 8.88. The Morgan fingerprint density at radius 3 is 2.33 bits per heavy atom. The minimum atomic E-state index is -3.99. The predicted octanol–water partition coefficient (Wildman–Crippen LogP) is 1.15. The average Bonchev–Trinajstić information content (AvgIpc) is 2.68. The summed E-state index contributed by atoms with van der Waals surface area (Å²) in [7, 11) is -2.34. The van der Waals surface area contributed by atoms with Crippen LogP contribution in [0, 0.1) is 0 Å². The zero-order chi connectivity index (χ0) is 22.1. The van der Waals surface area contributed by atoms with Crippen LogP contribution in [0.25, 0.3) is 0 Å². The Hall–Kier alpha value is -2.37. The molecule has 1 aromatic rings. The summed E-state index contributed by atoms with van der Waals surface area (Å²) in [4.78, 5) is 25.6. The number of likely N-dealkylation sites (N-methyl/N-ethyl adjacent to an activating group) is 1. The van der Waals surface area contributed by atoms with Gasteiger partial charge in [-0.2, -0.15) is 0 Å². The van der Waals surface area contributed by atoms with Gasteiger partial charge in [0.05, 0.1) is 25.1 Å². The molecule has 1 heterocycles. The van der Waals surface area contributed by atoms with Crippen LogP contribution in [-0.4, -0.2) is 65.6 Å². The highest BCUT2D eigenvalue weighted by Crippen LogP contribution is 2.17. The normalized spacial score (nSPS) is 17.2. The Bertz CT molecular complexity index is 838. The van der Waals surface area contributed by atoms with Crippen LogP contribution in [0.1, 0.15) is 26.2 Å². The van der Waals surface area contributed by atoms with Crippen LogP contribution in [0.4, 0.5) is 0 Å². The molecular formula is C19H27BN2O7S. The van der Waals surface area contributed by atoms with Crippen molar-refractivity contribution in [2.75, 3.05) is 27.2 Å². The van der Waals surface area contributed by atoms with Crippen molar-refractivity contribution >= 4 is 29.1 Å². The second-order valence-electron chi connectivity index (χ2n) is 6.91. The first kappa shape index (κ1) is 23.9. The van der Waals surface area contributed by atoms with Gasteiger partial charge in [0.15, 0.2) is 0 Å². The van der Waals surface area contributed by atoms with Crippen LogP contribution in [0.5, 0.6) is 5.75 Å². The minimum absolute atomic E-state index is 0.00140. The number of sulfonamides is 1. The summed E-state index contributed by atoms with van der Waals surface area (Å²) in [6, 6.07) is 5.83. The summed E-state index contributed by atoms with van der Waals surface area (Å²) in [5.41, 5.74) is 0. The molecule has 30 heavy (non-hydrogen) atoms. The van der Waals surface area contributed by atoms with Gasteiger partial charge in [-0.3, -0.25) is 14.5 Å². The number of rotatable bonds is 9. The predicted molar refractivity (Wildman–Crippen MR) is 111 cm³/mol. The molecule has 164 valence electrons. The van der Waals surface area contributed by atoms with Crippen molar-refractivity contribution in [1.82, 2.24) is 9.62 Å². The van der Waals surface area contributed by atoms with Gasteiger partial charge in [-0.25, -0.2) is 13.1 Å². The van der Waals surface area contributed by atoms with E-state index in [0.717, 1.165) is 12.8 Å². The van der Waals surface area contributed by atoms with Crippen LogP contribution in [-0.2, 0) is 28.9 Å². The fraction of sp³-hybridized carbons (Fsp3) is 0.474. The lowest BCUT2D eigenvalue weighted by Crippen LogP contribution is -2.53. The number of methoxy groups -OCH3 is 1. The number of nitrogens with zero attached hydrogens (tertiary/aromatic N) is 1. The van der Waals surface area contributed by atoms with E-state index in [1.54, 1.807) is 19.2 Å². The molecule has 9 nitrogen and oxygen atoms in total. The van der Waals surface area contributed by atoms with Gasteiger partial charge in [0.1, 0.15) is 11.7 Å². The second kappa shape index (κ2) is 11.1. The first-order valence-corrected chi connectivity index (χ1v) is 11.1. The molecule has 1 aromatic carbocycles. The lowest BCUT2D eigenvalue weighted by atomic mass is 9.78. The average molecular weight is 438 g/mol. The highest BCUT2D eigenvalue weighted by Gasteiger charge is 2.40. The summed E-state index contributed by atoms with van der Waals surface area (Å²) in [5, 5.41) is 0. The van der Waals surface area contributed by atoms with E-state index in [4.69, 9.17) is 14.0 Å². The lowest BCUT2D eigenvalue weighted by Gasteiger charge is -2.26. The number of carbonyl (C=O) groups excluding carboxylic acids is 2. The van der Waals surface area contributed by atoms with Gasteiger partial charge in [0.25, 0.3) is 0 Å². The second-order valence-corrected chi connectivity index (χ2v) is 8.63. The maximum atomic E-state index is 12.9. The molecule has 0 spiro atoms. The van der Waals surface area contributed by atoms with Gasteiger partial charge in [-0.1, -0.05) is 31.9 Å². The Morgan fingerprint density at radius 2 is 1.80 bits per heavy atom. The van der Waals surface area contributed by atoms with E-state index in [1.165, 1.54) is 36.3 Å². The fourth-order valence-corrected chi connectivity index (χ4v) is 3.93. The summed E-state index contributed by atoms with van der Waals surface area (Å²) in [5.74, 6) is -1.81. The van der Waals surface area contributed by atoms with Crippen molar-refractivity contribution in [3.8, 4) is 5.75 Å². The third-order valence-electron chi connectivity index (χ3n) is 4.32. The maximum absolute atomic E-state index is 12.9. The molecule has 2 rings (SSSR count). The van der Waals surface area contributed by atoms with Gasteiger partial charge in [-0.05, 0) is 37.7 Å². The van der Waals surface area contributed by atoms with Gasteiger partial charge in [0.2, 0.25) is 10.0 Å². The van der Waals surface area contributed by atoms with E-state index in [2.05, 4.69) is 4.72 Å². The van der Waals surface area contributed by atoms with Crippen LogP contribution >= 0.6 is 0 Å². The summed E-state index contributed by atoms with van der Waals surface area (Å²) >= 11 is 0. The van der Waals surface area contributed by atoms with E-state index in [1.807, 2.05) is 6.92 Å². The fourth-order valence-electron chi connectivity index (χ4n) is 2.75. The number of unbranched alkanes of at least 4 members (excludes halogenated alkanes) is 2. The number of hydrogen-bond acceptors (Lipinski definition) is 8. The lowest BCUT2D eigenvalue weighted by molar-refractivity contribution is -0.145. The molecule has 1 atom stereocenters. The van der Waals surface area contributed by atoms with Crippen LogP contribution in [0.15, 0.2) is 41.3 Å². The van der Waals surface area contributed by atoms with Crippen molar-refractivity contribution in [3.63, 3.8) is 0 Å². The summed E-state index contributed by atoms with van der Waals surface area (Å²) in [6.07, 6.45) is 5.90. The van der Waals surface area contributed by atoms with Crippen molar-refractivity contribution in [1.29, 1.82) is 0 Å². The molecule has 0 bridgehead atoms. The number of hydrogen-bond donors (Lipinski definition) is 1. The molecule has 1 saturated heterocycles. The number of carbonyl (C=O) groups is 2. The molecule has 1 aliphatic rings. The molecule has 0 saturated carbocycles. The quantitative estimate of drug-likeness (QED) is 0.347. The third-order valence-corrected chi connectivity index (χ3v) is 5.79. The third kappa shape index (κ3) is 7.15. The topological polar surface area (TPSA) is 111 Å². The summed E-state index contributed by atoms with van der Waals surface area (Å²) in [6.45, 7) is 1.82. The van der Waals surface area contributed by atoms with E-state index in [-0.39, 0.29) is 18.0 Å². The van der Waals surface area contributed by atoms with E-state index in [0.29, 0.717) is 12.2 Å². The van der Waals surface area contributed by atoms with Gasteiger partial charge in [0, 0.05) is 0 Å². The van der Waals surface area contributed by atoms with Crippen molar-refractivity contribution in [3.05, 3.63) is 36.4 Å². The van der Waals surface area contributed by atoms with Crippen molar-refractivity contribution < 1.29 is 32.1 Å².